The van der Waals surface area contributed by atoms with E-state index in [1.807, 2.05) is 30.3 Å². The number of hydrogen-bond acceptors (Lipinski definition) is 3. The quantitative estimate of drug-likeness (QED) is 0.832. The molecule has 0 radical (unpaired) electrons. The van der Waals surface area contributed by atoms with Gasteiger partial charge >= 0.3 is 0 Å². The molecule has 0 bridgehead atoms. The van der Waals surface area contributed by atoms with E-state index in [4.69, 9.17) is 33.7 Å². The van der Waals surface area contributed by atoms with Crippen LogP contribution in [-0.2, 0) is 0 Å². The molecule has 0 aliphatic carbocycles. The molecular weight excluding hydrogens is 289 g/mol. The second-order valence-electron chi connectivity index (χ2n) is 3.58. The molecule has 0 aliphatic heterocycles. The maximum atomic E-state index is 5.98. The number of nitrogens with two attached hydrogens (primary N) is 1. The van der Waals surface area contributed by atoms with Crippen molar-refractivity contribution < 1.29 is 4.74 Å². The Morgan fingerprint density at radius 2 is 1.83 bits per heavy atom. The minimum Gasteiger partial charge on any atom is -0.497 e. The topological polar surface area (TPSA) is 35.2 Å². The molecule has 0 saturated carbocycles. The summed E-state index contributed by atoms with van der Waals surface area (Å²) < 4.78 is 5.17. The first-order chi connectivity index (χ1) is 8.60. The van der Waals surface area contributed by atoms with Crippen molar-refractivity contribution in [1.29, 1.82) is 0 Å². The molecule has 2 nitrogen and oxygen atoms in total. The Kier molecular flexibility index (Phi) is 4.27. The number of anilines is 1. The molecule has 0 saturated heterocycles. The van der Waals surface area contributed by atoms with Gasteiger partial charge in [-0.3, -0.25) is 0 Å². The smallest absolute Gasteiger partial charge is 0.120 e. The van der Waals surface area contributed by atoms with Crippen molar-refractivity contribution in [2.45, 2.75) is 9.79 Å². The Morgan fingerprint density at radius 3 is 2.50 bits per heavy atom. The van der Waals surface area contributed by atoms with Crippen LogP contribution in [0.4, 0.5) is 5.69 Å². The van der Waals surface area contributed by atoms with Crippen LogP contribution < -0.4 is 10.5 Å². The molecule has 2 rings (SSSR count). The average molecular weight is 300 g/mol. The fourth-order valence-corrected chi connectivity index (χ4v) is 2.69. The molecule has 5 heteroatoms. The minimum absolute atomic E-state index is 0.531. The van der Waals surface area contributed by atoms with E-state index in [1.165, 1.54) is 11.8 Å². The fourth-order valence-electron chi connectivity index (χ4n) is 1.40. The summed E-state index contributed by atoms with van der Waals surface area (Å²) in [4.78, 5) is 1.90. The molecule has 18 heavy (non-hydrogen) atoms. The highest BCUT2D eigenvalue weighted by Crippen LogP contribution is 2.36. The van der Waals surface area contributed by atoms with Crippen LogP contribution in [-0.4, -0.2) is 7.11 Å². The van der Waals surface area contributed by atoms with Crippen LogP contribution >= 0.6 is 35.0 Å². The zero-order valence-electron chi connectivity index (χ0n) is 9.61. The van der Waals surface area contributed by atoms with Crippen molar-refractivity contribution in [1.82, 2.24) is 0 Å². The Hall–Kier alpha value is -1.03. The molecule has 0 atom stereocenters. The summed E-state index contributed by atoms with van der Waals surface area (Å²) >= 11 is 13.4. The van der Waals surface area contributed by atoms with E-state index in [2.05, 4.69) is 0 Å². The first-order valence-corrected chi connectivity index (χ1v) is 6.74. The summed E-state index contributed by atoms with van der Waals surface area (Å²) in [5, 5.41) is 1.07. The van der Waals surface area contributed by atoms with Crippen molar-refractivity contribution in [3.05, 3.63) is 46.4 Å². The van der Waals surface area contributed by atoms with Gasteiger partial charge in [0.15, 0.2) is 0 Å². The zero-order chi connectivity index (χ0) is 13.1. The van der Waals surface area contributed by atoms with Crippen molar-refractivity contribution in [3.8, 4) is 5.75 Å². The second-order valence-corrected chi connectivity index (χ2v) is 5.51. The zero-order valence-corrected chi connectivity index (χ0v) is 11.9. The third-order valence-electron chi connectivity index (χ3n) is 2.34. The summed E-state index contributed by atoms with van der Waals surface area (Å²) in [6.45, 7) is 0. The lowest BCUT2D eigenvalue weighted by Crippen LogP contribution is -1.90. The van der Waals surface area contributed by atoms with E-state index in [0.717, 1.165) is 15.5 Å². The van der Waals surface area contributed by atoms with Crippen LogP contribution in [0.5, 0.6) is 5.75 Å². The highest BCUT2D eigenvalue weighted by molar-refractivity contribution is 7.99. The maximum Gasteiger partial charge on any atom is 0.120 e. The third-order valence-corrected chi connectivity index (χ3v) is 4.14. The van der Waals surface area contributed by atoms with Gasteiger partial charge in [-0.25, -0.2) is 0 Å². The fraction of sp³-hybridized carbons (Fsp3) is 0.0769. The van der Waals surface area contributed by atoms with Gasteiger partial charge in [0.05, 0.1) is 17.2 Å². The molecule has 94 valence electrons. The maximum absolute atomic E-state index is 5.98. The highest BCUT2D eigenvalue weighted by Gasteiger charge is 2.06. The van der Waals surface area contributed by atoms with Gasteiger partial charge in [0.2, 0.25) is 0 Å². The molecule has 0 aromatic heterocycles. The largest absolute Gasteiger partial charge is 0.497 e. The number of halogens is 2. The van der Waals surface area contributed by atoms with Crippen LogP contribution in [0.3, 0.4) is 0 Å². The van der Waals surface area contributed by atoms with Gasteiger partial charge in [-0.2, -0.15) is 0 Å². The summed E-state index contributed by atoms with van der Waals surface area (Å²) in [5.41, 5.74) is 6.63. The minimum atomic E-state index is 0.531. The van der Waals surface area contributed by atoms with Crippen molar-refractivity contribution in [3.63, 3.8) is 0 Å². The van der Waals surface area contributed by atoms with Crippen LogP contribution in [0.25, 0.3) is 0 Å². The first-order valence-electron chi connectivity index (χ1n) is 5.16. The van der Waals surface area contributed by atoms with Gasteiger partial charge in [0.1, 0.15) is 5.75 Å². The van der Waals surface area contributed by atoms with E-state index < -0.39 is 0 Å². The van der Waals surface area contributed by atoms with Crippen LogP contribution in [0, 0.1) is 0 Å². The number of methoxy groups -OCH3 is 1. The molecule has 0 aliphatic rings. The van der Waals surface area contributed by atoms with Gasteiger partial charge < -0.3 is 10.5 Å². The summed E-state index contributed by atoms with van der Waals surface area (Å²) in [6, 6.07) is 11.0. The molecule has 2 N–H and O–H groups in total. The van der Waals surface area contributed by atoms with E-state index in [1.54, 1.807) is 13.2 Å². The molecule has 0 heterocycles. The molecule has 2 aromatic carbocycles. The van der Waals surface area contributed by atoms with Gasteiger partial charge in [0.25, 0.3) is 0 Å². The summed E-state index contributed by atoms with van der Waals surface area (Å²) in [7, 11) is 1.62. The normalized spacial score (nSPS) is 10.4. The van der Waals surface area contributed by atoms with Gasteiger partial charge in [0, 0.05) is 15.5 Å². The standard InChI is InChI=1S/C13H11Cl2NOS/c1-17-8-2-5-12(16)13(6-8)18-9-3-4-10(14)11(15)7-9/h2-7H,16H2,1H3. The molecular formula is C13H11Cl2NOS. The van der Waals surface area contributed by atoms with E-state index in [-0.39, 0.29) is 0 Å². The third kappa shape index (κ3) is 3.05. The Balaban J connectivity index is 2.30. The Labute approximate surface area is 120 Å². The number of hydrogen-bond donors (Lipinski definition) is 1. The van der Waals surface area contributed by atoms with Gasteiger partial charge in [-0.05, 0) is 36.4 Å². The predicted molar refractivity (Wildman–Crippen MR) is 78.0 cm³/mol. The lowest BCUT2D eigenvalue weighted by Gasteiger charge is -2.08. The second kappa shape index (κ2) is 5.74. The van der Waals surface area contributed by atoms with Crippen molar-refractivity contribution >= 4 is 40.7 Å². The Morgan fingerprint density at radius 1 is 1.06 bits per heavy atom. The molecule has 2 aromatic rings. The van der Waals surface area contributed by atoms with Gasteiger partial charge in [-0.1, -0.05) is 35.0 Å². The van der Waals surface area contributed by atoms with Crippen molar-refractivity contribution in [2.24, 2.45) is 0 Å². The number of rotatable bonds is 3. The monoisotopic (exact) mass is 299 g/mol. The molecule has 0 unspecified atom stereocenters. The van der Waals surface area contributed by atoms with Crippen LogP contribution in [0.15, 0.2) is 46.2 Å². The molecule has 0 spiro atoms. The lowest BCUT2D eigenvalue weighted by molar-refractivity contribution is 0.414. The molecule has 0 amide bonds. The Bertz CT molecular complexity index is 575. The predicted octanol–water partition coefficient (Wildman–Crippen LogP) is 4.74. The van der Waals surface area contributed by atoms with Crippen LogP contribution in [0.2, 0.25) is 10.0 Å². The van der Waals surface area contributed by atoms with E-state index in [9.17, 15) is 0 Å². The van der Waals surface area contributed by atoms with Crippen LogP contribution in [0.1, 0.15) is 0 Å². The van der Waals surface area contributed by atoms with Gasteiger partial charge in [-0.15, -0.1) is 0 Å². The van der Waals surface area contributed by atoms with Crippen molar-refractivity contribution in [2.75, 3.05) is 12.8 Å². The summed E-state index contributed by atoms with van der Waals surface area (Å²) in [5.74, 6) is 0.770. The first kappa shape index (κ1) is 13.4. The van der Waals surface area contributed by atoms with E-state index >= 15 is 0 Å². The number of nitrogen functional groups attached to an aromatic ring is 1. The van der Waals surface area contributed by atoms with E-state index in [0.29, 0.717) is 15.7 Å². The number of ether oxygens (including phenoxy) is 1. The average Bonchev–Trinajstić information content (AvgIpc) is 2.36. The lowest BCUT2D eigenvalue weighted by atomic mass is 10.3. The molecule has 0 fully saturated rings. The number of benzene rings is 2. The SMILES string of the molecule is COc1ccc(N)c(Sc2ccc(Cl)c(Cl)c2)c1. The summed E-state index contributed by atoms with van der Waals surface area (Å²) in [6.07, 6.45) is 0. The highest BCUT2D eigenvalue weighted by atomic mass is 35.5.